The number of methoxy groups -OCH3 is 1. The molecule has 120 valence electrons. The Kier molecular flexibility index (Phi) is 4.40. The first kappa shape index (κ1) is 16.4. The Labute approximate surface area is 147 Å². The van der Waals surface area contributed by atoms with Crippen LogP contribution in [0.25, 0.3) is 10.9 Å². The van der Waals surface area contributed by atoms with Gasteiger partial charge in [-0.15, -0.1) is 11.6 Å². The summed E-state index contributed by atoms with van der Waals surface area (Å²) in [5.74, 6) is 0.863. The van der Waals surface area contributed by atoms with E-state index in [2.05, 4.69) is 15.9 Å². The van der Waals surface area contributed by atoms with E-state index in [0.29, 0.717) is 15.7 Å². The summed E-state index contributed by atoms with van der Waals surface area (Å²) in [6, 6.07) is 12.0. The largest absolute Gasteiger partial charge is 0.497 e. The monoisotopic (exact) mass is 413 g/mol. The van der Waals surface area contributed by atoms with E-state index < -0.39 is 10.0 Å². The molecular weight excluding hydrogens is 402 g/mol. The Morgan fingerprint density at radius 1 is 1.22 bits per heavy atom. The fourth-order valence-electron chi connectivity index (χ4n) is 2.44. The summed E-state index contributed by atoms with van der Waals surface area (Å²) < 4.78 is 33.0. The summed E-state index contributed by atoms with van der Waals surface area (Å²) in [7, 11) is -2.17. The summed E-state index contributed by atoms with van der Waals surface area (Å²) in [5.41, 5.74) is 1.30. The SMILES string of the molecule is COc1ccc2c(c1)c(CCl)cn2S(=O)(=O)c1ccccc1Br. The lowest BCUT2D eigenvalue weighted by molar-refractivity contribution is 0.415. The van der Waals surface area contributed by atoms with E-state index >= 15 is 0 Å². The van der Waals surface area contributed by atoms with E-state index in [9.17, 15) is 8.42 Å². The van der Waals surface area contributed by atoms with Gasteiger partial charge in [0.15, 0.2) is 0 Å². The van der Waals surface area contributed by atoms with Crippen LogP contribution in [0.3, 0.4) is 0 Å². The van der Waals surface area contributed by atoms with Gasteiger partial charge in [0.1, 0.15) is 10.6 Å². The van der Waals surface area contributed by atoms with Gasteiger partial charge in [0, 0.05) is 21.9 Å². The van der Waals surface area contributed by atoms with Crippen molar-refractivity contribution in [2.75, 3.05) is 7.11 Å². The number of ether oxygens (including phenoxy) is 1. The molecule has 1 aromatic heterocycles. The first-order valence-electron chi connectivity index (χ1n) is 6.73. The quantitative estimate of drug-likeness (QED) is 0.595. The van der Waals surface area contributed by atoms with Crippen molar-refractivity contribution in [1.82, 2.24) is 3.97 Å². The Balaban J connectivity index is 2.30. The zero-order valence-corrected chi connectivity index (χ0v) is 15.3. The Bertz CT molecular complexity index is 982. The highest BCUT2D eigenvalue weighted by atomic mass is 79.9. The van der Waals surface area contributed by atoms with Gasteiger partial charge in [0.05, 0.1) is 12.6 Å². The average molecular weight is 415 g/mol. The number of hydrogen-bond donors (Lipinski definition) is 0. The van der Waals surface area contributed by atoms with Crippen LogP contribution in [-0.4, -0.2) is 19.5 Å². The van der Waals surface area contributed by atoms with Crippen LogP contribution in [-0.2, 0) is 15.9 Å². The number of rotatable bonds is 4. The lowest BCUT2D eigenvalue weighted by Gasteiger charge is -2.09. The molecule has 0 bridgehead atoms. The zero-order valence-electron chi connectivity index (χ0n) is 12.2. The van der Waals surface area contributed by atoms with Crippen LogP contribution in [0.1, 0.15) is 5.56 Å². The van der Waals surface area contributed by atoms with E-state index in [4.69, 9.17) is 16.3 Å². The molecule has 1 heterocycles. The normalized spacial score (nSPS) is 11.8. The van der Waals surface area contributed by atoms with Gasteiger partial charge in [0.2, 0.25) is 0 Å². The fourth-order valence-corrected chi connectivity index (χ4v) is 5.01. The smallest absolute Gasteiger partial charge is 0.269 e. The highest BCUT2D eigenvalue weighted by molar-refractivity contribution is 9.10. The molecule has 0 unspecified atom stereocenters. The number of alkyl halides is 1. The van der Waals surface area contributed by atoms with Gasteiger partial charge in [0.25, 0.3) is 10.0 Å². The molecule has 0 radical (unpaired) electrons. The van der Waals surface area contributed by atoms with Crippen molar-refractivity contribution >= 4 is 48.5 Å². The minimum Gasteiger partial charge on any atom is -0.497 e. The second-order valence-electron chi connectivity index (χ2n) is 4.90. The summed E-state index contributed by atoms with van der Waals surface area (Å²) in [6.07, 6.45) is 1.56. The minimum absolute atomic E-state index is 0.203. The van der Waals surface area contributed by atoms with Crippen LogP contribution < -0.4 is 4.74 Å². The van der Waals surface area contributed by atoms with Crippen molar-refractivity contribution < 1.29 is 13.2 Å². The summed E-state index contributed by atoms with van der Waals surface area (Å²) in [4.78, 5) is 0.203. The van der Waals surface area contributed by atoms with E-state index in [1.54, 1.807) is 55.8 Å². The van der Waals surface area contributed by atoms with Crippen molar-refractivity contribution in [2.24, 2.45) is 0 Å². The molecule has 7 heteroatoms. The van der Waals surface area contributed by atoms with Gasteiger partial charge in [-0.05, 0) is 51.8 Å². The Hall–Kier alpha value is -1.50. The maximum Gasteiger partial charge on any atom is 0.269 e. The number of fused-ring (bicyclic) bond motifs is 1. The second kappa shape index (κ2) is 6.19. The van der Waals surface area contributed by atoms with Gasteiger partial charge in [-0.1, -0.05) is 12.1 Å². The van der Waals surface area contributed by atoms with E-state index in [1.807, 2.05) is 0 Å². The second-order valence-corrected chi connectivity index (χ2v) is 7.81. The minimum atomic E-state index is -3.73. The van der Waals surface area contributed by atoms with Gasteiger partial charge in [-0.2, -0.15) is 0 Å². The standard InChI is InChI=1S/C16H13BrClNO3S/c1-22-12-6-7-15-13(8-12)11(9-18)10-19(15)23(20,21)16-5-3-2-4-14(16)17/h2-8,10H,9H2,1H3. The summed E-state index contributed by atoms with van der Waals surface area (Å²) in [5, 5.41) is 0.759. The lowest BCUT2D eigenvalue weighted by atomic mass is 10.2. The highest BCUT2D eigenvalue weighted by Gasteiger charge is 2.23. The molecule has 23 heavy (non-hydrogen) atoms. The molecule has 0 spiro atoms. The number of nitrogens with zero attached hydrogens (tertiary/aromatic N) is 1. The predicted molar refractivity (Wildman–Crippen MR) is 94.8 cm³/mol. The Morgan fingerprint density at radius 3 is 2.61 bits per heavy atom. The van der Waals surface area contributed by atoms with Crippen LogP contribution >= 0.6 is 27.5 Å². The summed E-state index contributed by atoms with van der Waals surface area (Å²) >= 11 is 9.29. The van der Waals surface area contributed by atoms with Crippen molar-refractivity contribution in [1.29, 1.82) is 0 Å². The average Bonchev–Trinajstić information content (AvgIpc) is 2.93. The van der Waals surface area contributed by atoms with Gasteiger partial charge in [-0.3, -0.25) is 0 Å². The molecular formula is C16H13BrClNO3S. The molecule has 0 fully saturated rings. The third kappa shape index (κ3) is 2.75. The highest BCUT2D eigenvalue weighted by Crippen LogP contribution is 2.31. The third-order valence-corrected chi connectivity index (χ3v) is 6.55. The van der Waals surface area contributed by atoms with Crippen molar-refractivity contribution in [3.63, 3.8) is 0 Å². The van der Waals surface area contributed by atoms with Crippen molar-refractivity contribution in [3.05, 3.63) is 58.7 Å². The first-order chi connectivity index (χ1) is 11.0. The molecule has 0 saturated heterocycles. The number of aromatic nitrogens is 1. The van der Waals surface area contributed by atoms with Gasteiger partial charge >= 0.3 is 0 Å². The van der Waals surface area contributed by atoms with Crippen molar-refractivity contribution in [3.8, 4) is 5.75 Å². The number of halogens is 2. The van der Waals surface area contributed by atoms with E-state index in [1.165, 1.54) is 3.97 Å². The summed E-state index contributed by atoms with van der Waals surface area (Å²) in [6.45, 7) is 0. The first-order valence-corrected chi connectivity index (χ1v) is 9.50. The van der Waals surface area contributed by atoms with Crippen LogP contribution in [0.2, 0.25) is 0 Å². The Morgan fingerprint density at radius 2 is 1.96 bits per heavy atom. The van der Waals surface area contributed by atoms with E-state index in [-0.39, 0.29) is 10.8 Å². The molecule has 4 nitrogen and oxygen atoms in total. The fraction of sp³-hybridized carbons (Fsp3) is 0.125. The maximum atomic E-state index is 13.0. The van der Waals surface area contributed by atoms with Crippen LogP contribution in [0.5, 0.6) is 5.75 Å². The molecule has 0 saturated carbocycles. The molecule has 0 atom stereocenters. The molecule has 0 aliphatic rings. The molecule has 3 aromatic rings. The predicted octanol–water partition coefficient (Wildman–Crippen LogP) is 4.39. The van der Waals surface area contributed by atoms with Gasteiger partial charge in [-0.25, -0.2) is 12.4 Å². The molecule has 0 aliphatic heterocycles. The molecule has 0 aliphatic carbocycles. The van der Waals surface area contributed by atoms with Gasteiger partial charge < -0.3 is 4.74 Å². The molecule has 0 N–H and O–H groups in total. The lowest BCUT2D eigenvalue weighted by Crippen LogP contribution is -2.12. The number of hydrogen-bond acceptors (Lipinski definition) is 3. The topological polar surface area (TPSA) is 48.3 Å². The number of benzene rings is 2. The van der Waals surface area contributed by atoms with Crippen LogP contribution in [0.4, 0.5) is 0 Å². The van der Waals surface area contributed by atoms with Crippen LogP contribution in [0.15, 0.2) is 58.0 Å². The molecule has 0 amide bonds. The molecule has 3 rings (SSSR count). The van der Waals surface area contributed by atoms with Crippen molar-refractivity contribution in [2.45, 2.75) is 10.8 Å². The van der Waals surface area contributed by atoms with E-state index in [0.717, 1.165) is 10.9 Å². The maximum absolute atomic E-state index is 13.0. The zero-order chi connectivity index (χ0) is 16.6. The third-order valence-electron chi connectivity index (χ3n) is 3.58. The molecule has 2 aromatic carbocycles. The van der Waals surface area contributed by atoms with Crippen LogP contribution in [0, 0.1) is 0 Å².